The van der Waals surface area contributed by atoms with Crippen LogP contribution in [0.15, 0.2) is 35.8 Å². The number of carbonyl (C=O) groups excluding carboxylic acids is 1. The summed E-state index contributed by atoms with van der Waals surface area (Å²) < 4.78 is 20.4. The van der Waals surface area contributed by atoms with Gasteiger partial charge in [0.1, 0.15) is 11.5 Å². The Labute approximate surface area is 143 Å². The second-order valence-electron chi connectivity index (χ2n) is 5.39. The molecule has 2 aromatic heterocycles. The largest absolute Gasteiger partial charge is 0.380 e. The lowest BCUT2D eigenvalue weighted by atomic mass is 10.2. The average Bonchev–Trinajstić information content (AvgIpc) is 3.16. The van der Waals surface area contributed by atoms with E-state index in [0.717, 1.165) is 6.42 Å². The minimum absolute atomic E-state index is 0.00582. The second kappa shape index (κ2) is 7.11. The maximum absolute atomic E-state index is 13.4. The van der Waals surface area contributed by atoms with Gasteiger partial charge < -0.3 is 10.1 Å². The highest BCUT2D eigenvalue weighted by Gasteiger charge is 2.16. The van der Waals surface area contributed by atoms with E-state index in [0.29, 0.717) is 28.5 Å². The van der Waals surface area contributed by atoms with Crippen molar-refractivity contribution in [1.82, 2.24) is 14.7 Å². The molecule has 7 heteroatoms. The third kappa shape index (κ3) is 3.32. The maximum Gasteiger partial charge on any atom is 0.269 e. The summed E-state index contributed by atoms with van der Waals surface area (Å²) in [6.07, 6.45) is 2.57. The highest BCUT2D eigenvalue weighted by Crippen LogP contribution is 2.24. The lowest BCUT2D eigenvalue weighted by Gasteiger charge is -2.13. The molecule has 5 nitrogen and oxygen atoms in total. The maximum atomic E-state index is 13.4. The van der Waals surface area contributed by atoms with Crippen molar-refractivity contribution in [2.45, 2.75) is 19.4 Å². The zero-order valence-electron chi connectivity index (χ0n) is 13.5. The number of imidazole rings is 1. The summed E-state index contributed by atoms with van der Waals surface area (Å²) >= 11 is 1.37. The lowest BCUT2D eigenvalue weighted by molar-refractivity contribution is 0.0812. The standard InChI is InChI=1S/C17H18FN3O2S/c1-3-13(23-2)8-19-16(22)15-10-24-17-20-14(9-21(15)17)11-5-4-6-12(18)7-11/h4-7,9-10,13H,3,8H2,1-2H3,(H,19,22)/t13-/m0/s1. The van der Waals surface area contributed by atoms with Crippen LogP contribution in [0.1, 0.15) is 23.8 Å². The molecule has 0 spiro atoms. The van der Waals surface area contributed by atoms with Gasteiger partial charge in [0.05, 0.1) is 11.8 Å². The molecule has 1 amide bonds. The van der Waals surface area contributed by atoms with Crippen LogP contribution in [0.2, 0.25) is 0 Å². The molecule has 2 heterocycles. The highest BCUT2D eigenvalue weighted by atomic mass is 32.1. The normalized spacial score (nSPS) is 12.5. The van der Waals surface area contributed by atoms with Crippen LogP contribution in [0.4, 0.5) is 4.39 Å². The topological polar surface area (TPSA) is 55.6 Å². The number of methoxy groups -OCH3 is 1. The summed E-state index contributed by atoms with van der Waals surface area (Å²) in [5.74, 6) is -0.494. The molecule has 1 aromatic carbocycles. The van der Waals surface area contributed by atoms with Gasteiger partial charge in [-0.3, -0.25) is 9.20 Å². The monoisotopic (exact) mass is 347 g/mol. The predicted octanol–water partition coefficient (Wildman–Crippen LogP) is 3.36. The number of hydrogen-bond acceptors (Lipinski definition) is 4. The molecule has 0 saturated carbocycles. The van der Waals surface area contributed by atoms with Crippen LogP contribution in [-0.4, -0.2) is 35.1 Å². The summed E-state index contributed by atoms with van der Waals surface area (Å²) in [5, 5.41) is 4.64. The highest BCUT2D eigenvalue weighted by molar-refractivity contribution is 7.15. The zero-order valence-corrected chi connectivity index (χ0v) is 14.3. The van der Waals surface area contributed by atoms with E-state index in [2.05, 4.69) is 10.3 Å². The molecule has 0 unspecified atom stereocenters. The van der Waals surface area contributed by atoms with Gasteiger partial charge in [0.25, 0.3) is 5.91 Å². The van der Waals surface area contributed by atoms with Crippen molar-refractivity contribution in [2.75, 3.05) is 13.7 Å². The van der Waals surface area contributed by atoms with Gasteiger partial charge >= 0.3 is 0 Å². The van der Waals surface area contributed by atoms with E-state index in [4.69, 9.17) is 4.74 Å². The fourth-order valence-electron chi connectivity index (χ4n) is 2.43. The zero-order chi connectivity index (χ0) is 17.1. The lowest BCUT2D eigenvalue weighted by Crippen LogP contribution is -2.33. The van der Waals surface area contributed by atoms with Crippen molar-refractivity contribution >= 4 is 22.2 Å². The molecule has 1 N–H and O–H groups in total. The second-order valence-corrected chi connectivity index (χ2v) is 6.22. The van der Waals surface area contributed by atoms with Crippen molar-refractivity contribution < 1.29 is 13.9 Å². The number of fused-ring (bicyclic) bond motifs is 1. The van der Waals surface area contributed by atoms with Crippen LogP contribution in [0.5, 0.6) is 0 Å². The number of carbonyl (C=O) groups is 1. The van der Waals surface area contributed by atoms with Crippen LogP contribution < -0.4 is 5.32 Å². The van der Waals surface area contributed by atoms with Crippen molar-refractivity contribution in [3.63, 3.8) is 0 Å². The number of rotatable bonds is 6. The molecule has 0 bridgehead atoms. The van der Waals surface area contributed by atoms with E-state index in [1.807, 2.05) is 6.92 Å². The number of benzene rings is 1. The fourth-order valence-corrected chi connectivity index (χ4v) is 3.28. The molecule has 0 aliphatic heterocycles. The Morgan fingerprint density at radius 3 is 3.04 bits per heavy atom. The van der Waals surface area contributed by atoms with Gasteiger partial charge in [-0.05, 0) is 18.6 Å². The minimum atomic E-state index is -0.313. The third-order valence-corrected chi connectivity index (χ3v) is 4.68. The van der Waals surface area contributed by atoms with Gasteiger partial charge in [-0.15, -0.1) is 11.3 Å². The summed E-state index contributed by atoms with van der Waals surface area (Å²) in [7, 11) is 1.63. The Balaban J connectivity index is 1.84. The molecule has 1 atom stereocenters. The minimum Gasteiger partial charge on any atom is -0.380 e. The Morgan fingerprint density at radius 1 is 1.50 bits per heavy atom. The van der Waals surface area contributed by atoms with Crippen LogP contribution >= 0.6 is 11.3 Å². The van der Waals surface area contributed by atoms with Gasteiger partial charge in [-0.1, -0.05) is 19.1 Å². The third-order valence-electron chi connectivity index (χ3n) is 3.84. The van der Waals surface area contributed by atoms with E-state index in [1.165, 1.54) is 23.5 Å². The molecular weight excluding hydrogens is 329 g/mol. The number of aromatic nitrogens is 2. The van der Waals surface area contributed by atoms with Crippen LogP contribution in [0.3, 0.4) is 0 Å². The van der Waals surface area contributed by atoms with Crippen LogP contribution in [0, 0.1) is 5.82 Å². The van der Waals surface area contributed by atoms with Gasteiger partial charge in [0.2, 0.25) is 0 Å². The average molecular weight is 347 g/mol. The van der Waals surface area contributed by atoms with E-state index < -0.39 is 0 Å². The molecule has 0 radical (unpaired) electrons. The summed E-state index contributed by atoms with van der Waals surface area (Å²) in [6, 6.07) is 6.25. The SMILES string of the molecule is CC[C@@H](CNC(=O)c1csc2nc(-c3cccc(F)c3)cn12)OC. The number of nitrogens with zero attached hydrogens (tertiary/aromatic N) is 2. The van der Waals surface area contributed by atoms with E-state index in [-0.39, 0.29) is 17.8 Å². The van der Waals surface area contributed by atoms with Gasteiger partial charge in [0, 0.05) is 30.8 Å². The fraction of sp³-hybridized carbons (Fsp3) is 0.294. The molecule has 0 aliphatic carbocycles. The summed E-state index contributed by atoms with van der Waals surface area (Å²) in [6.45, 7) is 2.46. The van der Waals surface area contributed by atoms with Crippen molar-refractivity contribution in [1.29, 1.82) is 0 Å². The Kier molecular flexibility index (Phi) is 4.92. The first kappa shape index (κ1) is 16.6. The first-order valence-corrected chi connectivity index (χ1v) is 8.54. The van der Waals surface area contributed by atoms with Crippen LogP contribution in [-0.2, 0) is 4.74 Å². The van der Waals surface area contributed by atoms with Gasteiger partial charge in [0.15, 0.2) is 4.96 Å². The molecule has 3 aromatic rings. The molecular formula is C17H18FN3O2S. The molecule has 0 fully saturated rings. The molecule has 0 aliphatic rings. The van der Waals surface area contributed by atoms with Gasteiger partial charge in [-0.2, -0.15) is 0 Å². The number of ether oxygens (including phenoxy) is 1. The Bertz CT molecular complexity index is 855. The van der Waals surface area contributed by atoms with Gasteiger partial charge in [-0.25, -0.2) is 9.37 Å². The number of thiazole rings is 1. The first-order valence-electron chi connectivity index (χ1n) is 7.66. The predicted molar refractivity (Wildman–Crippen MR) is 91.9 cm³/mol. The summed E-state index contributed by atoms with van der Waals surface area (Å²) in [4.78, 5) is 17.5. The van der Waals surface area contributed by atoms with E-state index >= 15 is 0 Å². The van der Waals surface area contributed by atoms with Crippen LogP contribution in [0.25, 0.3) is 16.2 Å². The summed E-state index contributed by atoms with van der Waals surface area (Å²) in [5.41, 5.74) is 1.83. The Hall–Kier alpha value is -2.25. The smallest absolute Gasteiger partial charge is 0.269 e. The van der Waals surface area contributed by atoms with Crippen molar-refractivity contribution in [2.24, 2.45) is 0 Å². The number of hydrogen-bond donors (Lipinski definition) is 1. The van der Waals surface area contributed by atoms with E-state index in [9.17, 15) is 9.18 Å². The molecule has 0 saturated heterocycles. The number of nitrogens with one attached hydrogen (secondary N) is 1. The number of halogens is 1. The molecule has 24 heavy (non-hydrogen) atoms. The Morgan fingerprint density at radius 2 is 2.33 bits per heavy atom. The molecule has 3 rings (SSSR count). The molecule has 126 valence electrons. The van der Waals surface area contributed by atoms with E-state index in [1.54, 1.807) is 35.2 Å². The first-order chi connectivity index (χ1) is 11.6. The number of amides is 1. The quantitative estimate of drug-likeness (QED) is 0.744. The van der Waals surface area contributed by atoms with Crippen molar-refractivity contribution in [3.8, 4) is 11.3 Å². The van der Waals surface area contributed by atoms with Crippen molar-refractivity contribution in [3.05, 3.63) is 47.4 Å².